The van der Waals surface area contributed by atoms with E-state index >= 15 is 0 Å². The van der Waals surface area contributed by atoms with Gasteiger partial charge < -0.3 is 9.59 Å². The van der Waals surface area contributed by atoms with Gasteiger partial charge in [0.1, 0.15) is 11.6 Å². The fourth-order valence-corrected chi connectivity index (χ4v) is 0. The summed E-state index contributed by atoms with van der Waals surface area (Å²) in [6.45, 7) is 6.11. The van der Waals surface area contributed by atoms with E-state index in [9.17, 15) is 9.59 Å². The summed E-state index contributed by atoms with van der Waals surface area (Å²) in [4.78, 5) is 18.9. The quantitative estimate of drug-likeness (QED) is 0.465. The molecule has 0 saturated heterocycles. The van der Waals surface area contributed by atoms with Crippen LogP contribution in [0.1, 0.15) is 27.7 Å². The molecule has 0 aliphatic rings. The molecule has 3 heteroatoms. The van der Waals surface area contributed by atoms with E-state index in [-0.39, 0.29) is 41.1 Å². The third-order valence-corrected chi connectivity index (χ3v) is 0. The van der Waals surface area contributed by atoms with Gasteiger partial charge in [-0.25, -0.2) is 0 Å². The number of rotatable bonds is 0. The van der Waals surface area contributed by atoms with Crippen LogP contribution in [0.5, 0.6) is 0 Å². The first-order valence-electron chi connectivity index (χ1n) is 2.41. The van der Waals surface area contributed by atoms with Gasteiger partial charge in [0, 0.05) is 29.6 Å². The SMILES string of the molecule is CC(C)=O.CC(C)=O.[Na]. The van der Waals surface area contributed by atoms with Crippen molar-refractivity contribution in [3.8, 4) is 0 Å². The van der Waals surface area contributed by atoms with Crippen molar-refractivity contribution < 1.29 is 9.59 Å². The van der Waals surface area contributed by atoms with E-state index < -0.39 is 0 Å². The number of carbonyl (C=O) groups excluding carboxylic acids is 2. The van der Waals surface area contributed by atoms with Crippen LogP contribution < -0.4 is 0 Å². The maximum atomic E-state index is 9.44. The van der Waals surface area contributed by atoms with Crippen molar-refractivity contribution in [2.24, 2.45) is 0 Å². The molecule has 1 radical (unpaired) electrons. The Morgan fingerprint density at radius 3 is 0.778 bits per heavy atom. The van der Waals surface area contributed by atoms with Gasteiger partial charge in [-0.05, 0) is 27.7 Å². The molecule has 0 amide bonds. The van der Waals surface area contributed by atoms with Crippen molar-refractivity contribution in [2.45, 2.75) is 27.7 Å². The standard InChI is InChI=1S/2C3H6O.Na/c2*1-3(2)4;/h2*1-2H3;. The summed E-state index contributed by atoms with van der Waals surface area (Å²) in [5.74, 6) is 0.333. The monoisotopic (exact) mass is 139 g/mol. The normalized spacial score (nSPS) is 5.78. The predicted octanol–water partition coefficient (Wildman–Crippen LogP) is 0.810. The molecule has 0 bridgehead atoms. The largest absolute Gasteiger partial charge is 0.300 e. The van der Waals surface area contributed by atoms with Crippen LogP contribution in [0.15, 0.2) is 0 Å². The van der Waals surface area contributed by atoms with Gasteiger partial charge in [-0.2, -0.15) is 0 Å². The number of Topliss-reactive ketones (excluding diaryl/α,β-unsaturated/α-hetero) is 2. The van der Waals surface area contributed by atoms with Crippen LogP contribution in [0.4, 0.5) is 0 Å². The third kappa shape index (κ3) is 2900. The van der Waals surface area contributed by atoms with E-state index in [0.29, 0.717) is 0 Å². The molecule has 0 aromatic carbocycles. The van der Waals surface area contributed by atoms with Crippen LogP contribution in [0.2, 0.25) is 0 Å². The molecular weight excluding hydrogens is 127 g/mol. The average molecular weight is 139 g/mol. The van der Waals surface area contributed by atoms with Crippen LogP contribution in [0.3, 0.4) is 0 Å². The van der Waals surface area contributed by atoms with Gasteiger partial charge in [0.05, 0.1) is 0 Å². The smallest absolute Gasteiger partial charge is 0.126 e. The fourth-order valence-electron chi connectivity index (χ4n) is 0. The van der Waals surface area contributed by atoms with E-state index in [1.54, 1.807) is 0 Å². The number of ketones is 2. The Hall–Kier alpha value is 0.340. The summed E-state index contributed by atoms with van der Waals surface area (Å²) >= 11 is 0. The summed E-state index contributed by atoms with van der Waals surface area (Å²) in [7, 11) is 0. The molecule has 0 rings (SSSR count). The second-order valence-corrected chi connectivity index (χ2v) is 1.82. The Bertz CT molecular complexity index is 69.1. The summed E-state index contributed by atoms with van der Waals surface area (Å²) in [6, 6.07) is 0. The van der Waals surface area contributed by atoms with Crippen LogP contribution in [0, 0.1) is 0 Å². The molecule has 0 N–H and O–H groups in total. The minimum Gasteiger partial charge on any atom is -0.300 e. The average Bonchev–Trinajstić information content (AvgIpc) is 1.25. The van der Waals surface area contributed by atoms with Crippen molar-refractivity contribution in [3.63, 3.8) is 0 Å². The molecule has 0 spiro atoms. The van der Waals surface area contributed by atoms with Crippen LogP contribution in [-0.4, -0.2) is 41.1 Å². The first-order valence-corrected chi connectivity index (χ1v) is 2.41. The zero-order valence-electron chi connectivity index (χ0n) is 6.82. The Morgan fingerprint density at radius 1 is 0.778 bits per heavy atom. The van der Waals surface area contributed by atoms with E-state index in [2.05, 4.69) is 0 Å². The van der Waals surface area contributed by atoms with Crippen LogP contribution in [0.25, 0.3) is 0 Å². The Labute approximate surface area is 78.3 Å². The molecule has 0 aliphatic heterocycles. The zero-order valence-corrected chi connectivity index (χ0v) is 8.82. The molecule has 0 aliphatic carbocycles. The van der Waals surface area contributed by atoms with Crippen molar-refractivity contribution in [3.05, 3.63) is 0 Å². The molecule has 0 atom stereocenters. The molecule has 0 unspecified atom stereocenters. The number of hydrogen-bond donors (Lipinski definition) is 0. The molecule has 0 heterocycles. The summed E-state index contributed by atoms with van der Waals surface area (Å²) < 4.78 is 0. The van der Waals surface area contributed by atoms with Gasteiger partial charge in [0.2, 0.25) is 0 Å². The fraction of sp³-hybridized carbons (Fsp3) is 0.667. The molecule has 0 aromatic rings. The minimum atomic E-state index is 0. The van der Waals surface area contributed by atoms with Crippen LogP contribution in [-0.2, 0) is 9.59 Å². The Kier molecular flexibility index (Phi) is 20.1. The van der Waals surface area contributed by atoms with Gasteiger partial charge in [-0.1, -0.05) is 0 Å². The summed E-state index contributed by atoms with van der Waals surface area (Å²) in [5, 5.41) is 0. The molecule has 0 saturated carbocycles. The molecule has 49 valence electrons. The van der Waals surface area contributed by atoms with E-state index in [1.807, 2.05) is 0 Å². The van der Waals surface area contributed by atoms with Gasteiger partial charge in [0.25, 0.3) is 0 Å². The summed E-state index contributed by atoms with van der Waals surface area (Å²) in [5.41, 5.74) is 0. The zero-order chi connectivity index (χ0) is 7.15. The molecule has 0 fully saturated rings. The number of carbonyl (C=O) groups is 2. The first-order chi connectivity index (χ1) is 3.46. The Balaban J connectivity index is -0.0000000720. The topological polar surface area (TPSA) is 34.1 Å². The van der Waals surface area contributed by atoms with E-state index in [0.717, 1.165) is 0 Å². The maximum Gasteiger partial charge on any atom is 0.126 e. The van der Waals surface area contributed by atoms with Gasteiger partial charge >= 0.3 is 0 Å². The first kappa shape index (κ1) is 16.2. The van der Waals surface area contributed by atoms with Crippen molar-refractivity contribution in [2.75, 3.05) is 0 Å². The molecule has 9 heavy (non-hydrogen) atoms. The predicted molar refractivity (Wildman–Crippen MR) is 38.5 cm³/mol. The van der Waals surface area contributed by atoms with Gasteiger partial charge in [0.15, 0.2) is 0 Å². The summed E-state index contributed by atoms with van der Waals surface area (Å²) in [6.07, 6.45) is 0. The maximum absolute atomic E-state index is 9.44. The third-order valence-electron chi connectivity index (χ3n) is 0. The second kappa shape index (κ2) is 11.2. The molecular formula is C6H12NaO2. The van der Waals surface area contributed by atoms with E-state index in [4.69, 9.17) is 0 Å². The van der Waals surface area contributed by atoms with Crippen molar-refractivity contribution >= 4 is 41.1 Å². The Morgan fingerprint density at radius 2 is 0.778 bits per heavy atom. The van der Waals surface area contributed by atoms with Gasteiger partial charge in [-0.3, -0.25) is 0 Å². The molecule has 0 aromatic heterocycles. The number of hydrogen-bond acceptors (Lipinski definition) is 2. The van der Waals surface area contributed by atoms with E-state index in [1.165, 1.54) is 27.7 Å². The molecule has 2 nitrogen and oxygen atoms in total. The minimum absolute atomic E-state index is 0. The van der Waals surface area contributed by atoms with Crippen molar-refractivity contribution in [1.82, 2.24) is 0 Å². The van der Waals surface area contributed by atoms with Crippen molar-refractivity contribution in [1.29, 1.82) is 0 Å². The second-order valence-electron chi connectivity index (χ2n) is 1.82. The van der Waals surface area contributed by atoms with Crippen LogP contribution >= 0.6 is 0 Å². The van der Waals surface area contributed by atoms with Gasteiger partial charge in [-0.15, -0.1) is 0 Å².